The number of Topliss-reactive ketones (excluding diaryl/α,β-unsaturated/α-hetero) is 1. The van der Waals surface area contributed by atoms with Crippen LogP contribution < -0.4 is 4.74 Å². The zero-order valence-corrected chi connectivity index (χ0v) is 10.4. The van der Waals surface area contributed by atoms with Gasteiger partial charge < -0.3 is 4.74 Å². The first-order valence-corrected chi connectivity index (χ1v) is 6.26. The van der Waals surface area contributed by atoms with Crippen molar-refractivity contribution in [2.24, 2.45) is 0 Å². The van der Waals surface area contributed by atoms with Crippen molar-refractivity contribution in [1.29, 1.82) is 0 Å². The number of unbranched alkanes of at least 4 members (excludes halogenated alkanes) is 2. The Morgan fingerprint density at radius 3 is 2.72 bits per heavy atom. The molecule has 0 saturated carbocycles. The van der Waals surface area contributed by atoms with Crippen molar-refractivity contribution in [2.45, 2.75) is 26.2 Å². The van der Waals surface area contributed by atoms with Crippen molar-refractivity contribution in [3.05, 3.63) is 35.4 Å². The largest absolute Gasteiger partial charge is 0.493 e. The molecule has 0 spiro atoms. The van der Waals surface area contributed by atoms with Gasteiger partial charge in [-0.3, -0.25) is 9.59 Å². The maximum Gasteiger partial charge on any atom is 0.233 e. The lowest BCUT2D eigenvalue weighted by molar-refractivity contribution is -0.110. The Hall–Kier alpha value is -1.90. The zero-order chi connectivity index (χ0) is 13.0. The Bertz CT molecular complexity index is 500. The van der Waals surface area contributed by atoms with Crippen LogP contribution in [0.2, 0.25) is 0 Å². The SMILES string of the molecule is CCCCCOc1cccc2c1C=CC(=O)C2=O. The molecule has 1 aromatic carbocycles. The molecule has 0 aliphatic heterocycles. The van der Waals surface area contributed by atoms with Gasteiger partial charge in [0.2, 0.25) is 11.6 Å². The molecule has 0 heterocycles. The van der Waals surface area contributed by atoms with E-state index in [4.69, 9.17) is 4.74 Å². The van der Waals surface area contributed by atoms with Crippen LogP contribution in [-0.4, -0.2) is 18.2 Å². The molecule has 1 aromatic rings. The van der Waals surface area contributed by atoms with Gasteiger partial charge in [-0.05, 0) is 24.6 Å². The lowest BCUT2D eigenvalue weighted by Gasteiger charge is -2.14. The van der Waals surface area contributed by atoms with Crippen molar-refractivity contribution in [3.63, 3.8) is 0 Å². The van der Waals surface area contributed by atoms with E-state index in [0.29, 0.717) is 17.9 Å². The number of hydrogen-bond donors (Lipinski definition) is 0. The van der Waals surface area contributed by atoms with Gasteiger partial charge in [0.05, 0.1) is 6.61 Å². The highest BCUT2D eigenvalue weighted by molar-refractivity contribution is 6.50. The van der Waals surface area contributed by atoms with Crippen LogP contribution >= 0.6 is 0 Å². The predicted molar refractivity (Wildman–Crippen MR) is 69.8 cm³/mol. The summed E-state index contributed by atoms with van der Waals surface area (Å²) >= 11 is 0. The number of hydrogen-bond acceptors (Lipinski definition) is 3. The van der Waals surface area contributed by atoms with Crippen LogP contribution in [0.1, 0.15) is 42.1 Å². The van der Waals surface area contributed by atoms with Gasteiger partial charge >= 0.3 is 0 Å². The van der Waals surface area contributed by atoms with Gasteiger partial charge in [-0.15, -0.1) is 0 Å². The Labute approximate surface area is 106 Å². The molecule has 1 aliphatic carbocycles. The minimum Gasteiger partial charge on any atom is -0.493 e. The van der Waals surface area contributed by atoms with E-state index >= 15 is 0 Å². The summed E-state index contributed by atoms with van der Waals surface area (Å²) in [7, 11) is 0. The van der Waals surface area contributed by atoms with E-state index < -0.39 is 11.6 Å². The van der Waals surface area contributed by atoms with Crippen molar-refractivity contribution in [1.82, 2.24) is 0 Å². The molecular formula is C15H16O3. The highest BCUT2D eigenvalue weighted by atomic mass is 16.5. The first-order chi connectivity index (χ1) is 8.74. The van der Waals surface area contributed by atoms with E-state index in [2.05, 4.69) is 6.92 Å². The Morgan fingerprint density at radius 2 is 1.94 bits per heavy atom. The molecule has 3 nitrogen and oxygen atoms in total. The lowest BCUT2D eigenvalue weighted by atomic mass is 9.95. The number of ether oxygens (including phenoxy) is 1. The van der Waals surface area contributed by atoms with Gasteiger partial charge in [-0.25, -0.2) is 0 Å². The first kappa shape index (κ1) is 12.6. The minimum atomic E-state index is -0.467. The standard InChI is InChI=1S/C15H16O3/c1-2-3-4-10-18-14-7-5-6-12-11(14)8-9-13(16)15(12)17/h5-9H,2-4,10H2,1H3. The van der Waals surface area contributed by atoms with E-state index in [1.54, 1.807) is 18.2 Å². The molecule has 0 amide bonds. The lowest BCUT2D eigenvalue weighted by Crippen LogP contribution is -2.16. The van der Waals surface area contributed by atoms with Gasteiger partial charge in [0, 0.05) is 11.1 Å². The van der Waals surface area contributed by atoms with E-state index in [-0.39, 0.29) is 0 Å². The molecule has 0 atom stereocenters. The third-order valence-corrected chi connectivity index (χ3v) is 2.94. The van der Waals surface area contributed by atoms with Crippen LogP contribution in [0.4, 0.5) is 0 Å². The molecule has 0 fully saturated rings. The highest BCUT2D eigenvalue weighted by Crippen LogP contribution is 2.27. The topological polar surface area (TPSA) is 43.4 Å². The zero-order valence-electron chi connectivity index (χ0n) is 10.4. The number of fused-ring (bicyclic) bond motifs is 1. The number of benzene rings is 1. The molecule has 18 heavy (non-hydrogen) atoms. The maximum atomic E-state index is 11.7. The van der Waals surface area contributed by atoms with E-state index in [0.717, 1.165) is 24.8 Å². The average molecular weight is 244 g/mol. The fraction of sp³-hybridized carbons (Fsp3) is 0.333. The predicted octanol–water partition coefficient (Wildman–Crippen LogP) is 3.03. The van der Waals surface area contributed by atoms with Crippen LogP contribution in [-0.2, 0) is 4.79 Å². The summed E-state index contributed by atoms with van der Waals surface area (Å²) in [4.78, 5) is 23.0. The minimum absolute atomic E-state index is 0.440. The van der Waals surface area contributed by atoms with Crippen molar-refractivity contribution >= 4 is 17.6 Å². The number of rotatable bonds is 5. The maximum absolute atomic E-state index is 11.7. The summed E-state index contributed by atoms with van der Waals surface area (Å²) in [6.07, 6.45) is 6.24. The molecule has 94 valence electrons. The molecular weight excluding hydrogens is 228 g/mol. The number of ketones is 2. The molecule has 0 N–H and O–H groups in total. The molecule has 0 saturated heterocycles. The summed E-state index contributed by atoms with van der Waals surface area (Å²) in [5.74, 6) is -0.238. The summed E-state index contributed by atoms with van der Waals surface area (Å²) in [5.41, 5.74) is 1.16. The Kier molecular flexibility index (Phi) is 3.92. The van der Waals surface area contributed by atoms with Crippen molar-refractivity contribution < 1.29 is 14.3 Å². The third kappa shape index (κ3) is 2.50. The van der Waals surface area contributed by atoms with Crippen molar-refractivity contribution in [3.8, 4) is 5.75 Å². The van der Waals surface area contributed by atoms with Gasteiger partial charge in [-0.1, -0.05) is 31.9 Å². The molecule has 2 rings (SSSR count). The molecule has 0 unspecified atom stereocenters. The fourth-order valence-electron chi connectivity index (χ4n) is 1.94. The quantitative estimate of drug-likeness (QED) is 0.590. The molecule has 0 bridgehead atoms. The van der Waals surface area contributed by atoms with Crippen LogP contribution in [0.25, 0.3) is 6.08 Å². The van der Waals surface area contributed by atoms with E-state index in [9.17, 15) is 9.59 Å². The van der Waals surface area contributed by atoms with Crippen molar-refractivity contribution in [2.75, 3.05) is 6.61 Å². The van der Waals surface area contributed by atoms with Crippen LogP contribution in [0, 0.1) is 0 Å². The second-order valence-electron chi connectivity index (χ2n) is 4.30. The van der Waals surface area contributed by atoms with E-state index in [1.807, 2.05) is 6.07 Å². The normalized spacial score (nSPS) is 13.6. The molecule has 1 aliphatic rings. The van der Waals surface area contributed by atoms with Crippen LogP contribution in [0.3, 0.4) is 0 Å². The smallest absolute Gasteiger partial charge is 0.233 e. The monoisotopic (exact) mass is 244 g/mol. The Balaban J connectivity index is 2.17. The number of carbonyl (C=O) groups excluding carboxylic acids is 2. The van der Waals surface area contributed by atoms with Gasteiger partial charge in [0.1, 0.15) is 5.75 Å². The summed E-state index contributed by atoms with van der Waals surface area (Å²) in [6, 6.07) is 5.24. The van der Waals surface area contributed by atoms with Gasteiger partial charge in [0.15, 0.2) is 0 Å². The van der Waals surface area contributed by atoms with Gasteiger partial charge in [-0.2, -0.15) is 0 Å². The molecule has 0 radical (unpaired) electrons. The molecule has 0 aromatic heterocycles. The second kappa shape index (κ2) is 5.63. The fourth-order valence-corrected chi connectivity index (χ4v) is 1.94. The third-order valence-electron chi connectivity index (χ3n) is 2.94. The highest BCUT2D eigenvalue weighted by Gasteiger charge is 2.22. The van der Waals surface area contributed by atoms with Crippen LogP contribution in [0.15, 0.2) is 24.3 Å². The van der Waals surface area contributed by atoms with E-state index in [1.165, 1.54) is 6.08 Å². The summed E-state index contributed by atoms with van der Waals surface area (Å²) < 4.78 is 5.68. The summed E-state index contributed by atoms with van der Waals surface area (Å²) in [5, 5.41) is 0. The molecule has 3 heteroatoms. The van der Waals surface area contributed by atoms with Gasteiger partial charge in [0.25, 0.3) is 0 Å². The summed E-state index contributed by atoms with van der Waals surface area (Å²) in [6.45, 7) is 2.78. The van der Waals surface area contributed by atoms with Crippen LogP contribution in [0.5, 0.6) is 5.75 Å². The first-order valence-electron chi connectivity index (χ1n) is 6.26. The average Bonchev–Trinajstić information content (AvgIpc) is 2.39. The second-order valence-corrected chi connectivity index (χ2v) is 4.30. The number of allylic oxidation sites excluding steroid dienone is 1. The Morgan fingerprint density at radius 1 is 1.11 bits per heavy atom. The number of carbonyl (C=O) groups is 2.